The van der Waals surface area contributed by atoms with E-state index in [1.54, 1.807) is 48.5 Å². The van der Waals surface area contributed by atoms with E-state index < -0.39 is 12.2 Å². The Bertz CT molecular complexity index is 672. The Morgan fingerprint density at radius 3 is 1.41 bits per heavy atom. The van der Waals surface area contributed by atoms with Crippen LogP contribution < -0.4 is 20.9 Å². The van der Waals surface area contributed by atoms with Crippen LogP contribution >= 0.6 is 0 Å². The largest absolute Gasteiger partial charge is 0.491 e. The summed E-state index contributed by atoms with van der Waals surface area (Å²) in [4.78, 5) is 2.01. The topological polar surface area (TPSA) is 114 Å². The fourth-order valence-electron chi connectivity index (χ4n) is 2.75. The number of nitrogens with two attached hydrogens (primary N) is 2. The molecule has 2 aromatic rings. The molecule has 7 nitrogen and oxygen atoms in total. The number of ether oxygens (including phenoxy) is 2. The molecular formula is C22H33N3O4. The summed E-state index contributed by atoms with van der Waals surface area (Å²) < 4.78 is 11.3. The number of aliphatic hydroxyl groups excluding tert-OH is 2. The molecule has 29 heavy (non-hydrogen) atoms. The SMILES string of the molecule is CC(C)(C)N(CC(O)COc1ccc(N)cc1)CC(O)COc1ccc(N)cc1. The number of benzene rings is 2. The first-order chi connectivity index (χ1) is 13.6. The van der Waals surface area contributed by atoms with E-state index in [4.69, 9.17) is 20.9 Å². The summed E-state index contributed by atoms with van der Waals surface area (Å²) in [6.45, 7) is 7.12. The molecule has 7 heteroatoms. The van der Waals surface area contributed by atoms with E-state index in [2.05, 4.69) is 0 Å². The molecule has 0 radical (unpaired) electrons. The maximum atomic E-state index is 10.4. The van der Waals surface area contributed by atoms with Gasteiger partial charge in [0.2, 0.25) is 0 Å². The number of aliphatic hydroxyl groups is 2. The van der Waals surface area contributed by atoms with Crippen LogP contribution in [0.5, 0.6) is 11.5 Å². The van der Waals surface area contributed by atoms with Gasteiger partial charge in [0, 0.05) is 30.0 Å². The molecule has 2 rings (SSSR count). The van der Waals surface area contributed by atoms with Crippen molar-refractivity contribution in [2.24, 2.45) is 0 Å². The molecular weight excluding hydrogens is 370 g/mol. The standard InChI is InChI=1S/C22H33N3O4/c1-22(2,3)25(12-18(26)14-28-20-8-4-16(23)5-9-20)13-19(27)15-29-21-10-6-17(24)7-11-21/h4-11,18-19,26-27H,12-15,23-24H2,1-3H3. The number of rotatable bonds is 10. The van der Waals surface area contributed by atoms with Crippen molar-refractivity contribution in [3.05, 3.63) is 48.5 Å². The van der Waals surface area contributed by atoms with Gasteiger partial charge in [-0.1, -0.05) is 0 Å². The maximum Gasteiger partial charge on any atom is 0.119 e. The number of nitrogen functional groups attached to an aromatic ring is 2. The van der Waals surface area contributed by atoms with Crippen molar-refractivity contribution in [3.8, 4) is 11.5 Å². The number of β-amino-alcohol motifs (C(OH)–C–C–N with tert-alkyl or cyclic N) is 2. The summed E-state index contributed by atoms with van der Waals surface area (Å²) in [5, 5.41) is 20.9. The van der Waals surface area contributed by atoms with Gasteiger partial charge >= 0.3 is 0 Å². The van der Waals surface area contributed by atoms with E-state index in [1.807, 2.05) is 25.7 Å². The highest BCUT2D eigenvalue weighted by Gasteiger charge is 2.26. The second kappa shape index (κ2) is 10.3. The van der Waals surface area contributed by atoms with Gasteiger partial charge in [0.1, 0.15) is 36.9 Å². The zero-order chi connectivity index (χ0) is 21.4. The molecule has 160 valence electrons. The quantitative estimate of drug-likeness (QED) is 0.449. The van der Waals surface area contributed by atoms with E-state index in [0.717, 1.165) is 0 Å². The number of anilines is 2. The normalized spacial score (nSPS) is 13.9. The summed E-state index contributed by atoms with van der Waals surface area (Å²) in [5.41, 5.74) is 12.4. The molecule has 0 saturated heterocycles. The summed E-state index contributed by atoms with van der Waals surface area (Å²) in [5.74, 6) is 1.30. The van der Waals surface area contributed by atoms with Gasteiger partial charge in [-0.2, -0.15) is 0 Å². The Hall–Kier alpha value is -2.48. The lowest BCUT2D eigenvalue weighted by Crippen LogP contribution is -2.50. The Morgan fingerprint density at radius 2 is 1.10 bits per heavy atom. The average Bonchev–Trinajstić information content (AvgIpc) is 2.66. The smallest absolute Gasteiger partial charge is 0.119 e. The van der Waals surface area contributed by atoms with Crippen molar-refractivity contribution in [3.63, 3.8) is 0 Å². The predicted molar refractivity (Wildman–Crippen MR) is 116 cm³/mol. The van der Waals surface area contributed by atoms with Crippen LogP contribution in [-0.4, -0.2) is 59.2 Å². The first kappa shape index (κ1) is 22.8. The highest BCUT2D eigenvalue weighted by atomic mass is 16.5. The van der Waals surface area contributed by atoms with Crippen molar-refractivity contribution in [1.29, 1.82) is 0 Å². The van der Waals surface area contributed by atoms with Crippen molar-refractivity contribution in [2.75, 3.05) is 37.8 Å². The molecule has 0 amide bonds. The lowest BCUT2D eigenvalue weighted by Gasteiger charge is -2.38. The molecule has 0 aromatic heterocycles. The van der Waals surface area contributed by atoms with E-state index in [0.29, 0.717) is 36.0 Å². The van der Waals surface area contributed by atoms with Crippen LogP contribution in [0.1, 0.15) is 20.8 Å². The third kappa shape index (κ3) is 8.19. The summed E-state index contributed by atoms with van der Waals surface area (Å²) in [7, 11) is 0. The van der Waals surface area contributed by atoms with Crippen LogP contribution in [0.15, 0.2) is 48.5 Å². The van der Waals surface area contributed by atoms with Crippen LogP contribution in [0, 0.1) is 0 Å². The van der Waals surface area contributed by atoms with E-state index >= 15 is 0 Å². The van der Waals surface area contributed by atoms with Gasteiger partial charge in [0.25, 0.3) is 0 Å². The first-order valence-electron chi connectivity index (χ1n) is 9.71. The zero-order valence-corrected chi connectivity index (χ0v) is 17.4. The van der Waals surface area contributed by atoms with Gasteiger partial charge in [-0.25, -0.2) is 0 Å². The molecule has 2 unspecified atom stereocenters. The second-order valence-electron chi connectivity index (χ2n) is 8.14. The van der Waals surface area contributed by atoms with Crippen LogP contribution in [-0.2, 0) is 0 Å². The number of nitrogens with zero attached hydrogens (tertiary/aromatic N) is 1. The molecule has 0 spiro atoms. The third-order valence-corrected chi connectivity index (χ3v) is 4.46. The Balaban J connectivity index is 1.84. The van der Waals surface area contributed by atoms with Gasteiger partial charge in [-0.15, -0.1) is 0 Å². The number of hydrogen-bond donors (Lipinski definition) is 4. The molecule has 0 aliphatic rings. The lowest BCUT2D eigenvalue weighted by atomic mass is 10.0. The summed E-state index contributed by atoms with van der Waals surface area (Å²) in [6.07, 6.45) is -1.42. The second-order valence-corrected chi connectivity index (χ2v) is 8.14. The lowest BCUT2D eigenvalue weighted by molar-refractivity contribution is -0.00438. The van der Waals surface area contributed by atoms with E-state index in [1.165, 1.54) is 0 Å². The molecule has 0 aliphatic heterocycles. The molecule has 0 fully saturated rings. The highest BCUT2D eigenvalue weighted by Crippen LogP contribution is 2.18. The van der Waals surface area contributed by atoms with Crippen LogP contribution in [0.2, 0.25) is 0 Å². The van der Waals surface area contributed by atoms with Gasteiger partial charge in [-0.05, 0) is 69.3 Å². The summed E-state index contributed by atoms with van der Waals surface area (Å²) in [6, 6.07) is 14.1. The highest BCUT2D eigenvalue weighted by molar-refractivity contribution is 5.42. The molecule has 2 aromatic carbocycles. The van der Waals surface area contributed by atoms with Gasteiger partial charge in [0.15, 0.2) is 0 Å². The van der Waals surface area contributed by atoms with E-state index in [-0.39, 0.29) is 18.8 Å². The number of hydrogen-bond acceptors (Lipinski definition) is 7. The zero-order valence-electron chi connectivity index (χ0n) is 17.4. The minimum Gasteiger partial charge on any atom is -0.491 e. The van der Waals surface area contributed by atoms with Gasteiger partial charge in [0.05, 0.1) is 0 Å². The first-order valence-corrected chi connectivity index (χ1v) is 9.71. The fourth-order valence-corrected chi connectivity index (χ4v) is 2.75. The predicted octanol–water partition coefficient (Wildman–Crippen LogP) is 2.13. The van der Waals surface area contributed by atoms with Crippen molar-refractivity contribution < 1.29 is 19.7 Å². The third-order valence-electron chi connectivity index (χ3n) is 4.46. The van der Waals surface area contributed by atoms with E-state index in [9.17, 15) is 10.2 Å². The summed E-state index contributed by atoms with van der Waals surface area (Å²) >= 11 is 0. The Kier molecular flexibility index (Phi) is 8.13. The molecule has 0 aliphatic carbocycles. The molecule has 6 N–H and O–H groups in total. The van der Waals surface area contributed by atoms with Crippen molar-refractivity contribution in [1.82, 2.24) is 4.90 Å². The fraction of sp³-hybridized carbons (Fsp3) is 0.455. The van der Waals surface area contributed by atoms with Crippen LogP contribution in [0.25, 0.3) is 0 Å². The monoisotopic (exact) mass is 403 g/mol. The van der Waals surface area contributed by atoms with Crippen molar-refractivity contribution in [2.45, 2.75) is 38.5 Å². The minimum absolute atomic E-state index is 0.147. The average molecular weight is 404 g/mol. The van der Waals surface area contributed by atoms with Crippen molar-refractivity contribution >= 4 is 11.4 Å². The maximum absolute atomic E-state index is 10.4. The van der Waals surface area contributed by atoms with Crippen LogP contribution in [0.3, 0.4) is 0 Å². The molecule has 2 atom stereocenters. The molecule has 0 heterocycles. The Labute approximate surface area is 172 Å². The minimum atomic E-state index is -0.711. The Morgan fingerprint density at radius 1 is 0.759 bits per heavy atom. The molecule has 0 saturated carbocycles. The van der Waals surface area contributed by atoms with Gasteiger partial charge in [-0.3, -0.25) is 4.90 Å². The van der Waals surface area contributed by atoms with Gasteiger partial charge < -0.3 is 31.2 Å². The molecule has 0 bridgehead atoms. The van der Waals surface area contributed by atoms with Crippen LogP contribution in [0.4, 0.5) is 11.4 Å².